The molecule has 0 bridgehead atoms. The molecule has 0 heterocycles. The Labute approximate surface area is 57.1 Å². The van der Waals surface area contributed by atoms with Gasteiger partial charge in [0.15, 0.2) is 0 Å². The molecule has 0 unspecified atom stereocenters. The van der Waals surface area contributed by atoms with Crippen LogP contribution in [0.15, 0.2) is 0 Å². The van der Waals surface area contributed by atoms with Crippen LogP contribution in [0.2, 0.25) is 0 Å². The third kappa shape index (κ3) is 3.98. The number of nitrogens with two attached hydrogens (primary N) is 1. The summed E-state index contributed by atoms with van der Waals surface area (Å²) in [6.45, 7) is 4.43. The molecule has 2 heteroatoms. The maximum absolute atomic E-state index is 5.27. The Morgan fingerprint density at radius 2 is 2.00 bits per heavy atom. The van der Waals surface area contributed by atoms with Crippen molar-refractivity contribution in [1.29, 1.82) is 0 Å². The van der Waals surface area contributed by atoms with E-state index in [2.05, 4.69) is 5.92 Å². The molecule has 0 spiro atoms. The van der Waals surface area contributed by atoms with E-state index in [4.69, 9.17) is 12.2 Å². The number of halogens is 1. The molecule has 0 atom stereocenters. The van der Waals surface area contributed by atoms with E-state index < -0.39 is 0 Å². The zero-order chi connectivity index (χ0) is 5.91. The summed E-state index contributed by atoms with van der Waals surface area (Å²) in [4.78, 5) is 0. The molecule has 0 aliphatic heterocycles. The van der Waals surface area contributed by atoms with Crippen molar-refractivity contribution < 1.29 is 0 Å². The van der Waals surface area contributed by atoms with Crippen LogP contribution in [-0.2, 0) is 0 Å². The van der Waals surface area contributed by atoms with Gasteiger partial charge in [0.1, 0.15) is 0 Å². The summed E-state index contributed by atoms with van der Waals surface area (Å²) in [5.41, 5.74) is 5.16. The quantitative estimate of drug-likeness (QED) is 0.532. The van der Waals surface area contributed by atoms with Gasteiger partial charge in [-0.05, 0) is 13.8 Å². The predicted molar refractivity (Wildman–Crippen MR) is 38.9 cm³/mol. The number of hydrogen-bond donors (Lipinski definition) is 1. The van der Waals surface area contributed by atoms with Gasteiger partial charge >= 0.3 is 0 Å². The van der Waals surface area contributed by atoms with Gasteiger partial charge in [-0.3, -0.25) is 0 Å². The summed E-state index contributed by atoms with van der Waals surface area (Å²) in [6, 6.07) is 0. The molecule has 2 N–H and O–H groups in total. The highest BCUT2D eigenvalue weighted by Crippen LogP contribution is 2.07. The van der Waals surface area contributed by atoms with Gasteiger partial charge in [-0.25, -0.2) is 0 Å². The minimum Gasteiger partial charge on any atom is -0.329 e. The van der Waals surface area contributed by atoms with E-state index in [1.165, 1.54) is 0 Å². The molecular weight excluding hydrogens is 122 g/mol. The van der Waals surface area contributed by atoms with Gasteiger partial charge in [-0.1, -0.05) is 5.92 Å². The number of terminal acetylenes is 1. The summed E-state index contributed by atoms with van der Waals surface area (Å²) in [5, 5.41) is 0. The fourth-order valence-corrected chi connectivity index (χ4v) is 0.0589. The van der Waals surface area contributed by atoms with Gasteiger partial charge in [0.2, 0.25) is 0 Å². The fourth-order valence-electron chi connectivity index (χ4n) is 0.0589. The highest BCUT2D eigenvalue weighted by atomic mass is 35.5. The van der Waals surface area contributed by atoms with Crippen LogP contribution in [0.1, 0.15) is 13.8 Å². The van der Waals surface area contributed by atoms with Crippen molar-refractivity contribution >= 4 is 12.4 Å². The van der Waals surface area contributed by atoms with Crippen LogP contribution in [0, 0.1) is 17.8 Å². The average molecular weight is 134 g/mol. The van der Waals surface area contributed by atoms with Crippen molar-refractivity contribution in [2.24, 2.45) is 11.1 Å². The molecule has 0 amide bonds. The van der Waals surface area contributed by atoms with Gasteiger partial charge in [-0.2, -0.15) is 0 Å². The molecule has 0 aromatic heterocycles. The smallest absolute Gasteiger partial charge is 0.0377 e. The maximum atomic E-state index is 5.27. The summed E-state index contributed by atoms with van der Waals surface area (Å²) in [7, 11) is 0. The van der Waals surface area contributed by atoms with Gasteiger partial charge in [-0.15, -0.1) is 18.8 Å². The van der Waals surface area contributed by atoms with Crippen molar-refractivity contribution in [2.75, 3.05) is 6.54 Å². The van der Waals surface area contributed by atoms with Gasteiger partial charge in [0, 0.05) is 12.0 Å². The first-order valence-electron chi connectivity index (χ1n) is 2.30. The second-order valence-corrected chi connectivity index (χ2v) is 2.23. The van der Waals surface area contributed by atoms with Crippen LogP contribution in [-0.4, -0.2) is 6.54 Å². The molecule has 8 heavy (non-hydrogen) atoms. The summed E-state index contributed by atoms with van der Waals surface area (Å²) >= 11 is 0. The van der Waals surface area contributed by atoms with E-state index in [1.807, 2.05) is 13.8 Å². The SMILES string of the molecule is C#CC(C)(C)CN.Cl. The minimum atomic E-state index is -0.111. The van der Waals surface area contributed by atoms with Gasteiger partial charge < -0.3 is 5.73 Å². The third-order valence-corrected chi connectivity index (χ3v) is 0.901. The molecule has 0 aliphatic carbocycles. The molecule has 0 saturated heterocycles. The molecule has 0 aliphatic rings. The second-order valence-electron chi connectivity index (χ2n) is 2.23. The lowest BCUT2D eigenvalue weighted by atomic mass is 9.96. The van der Waals surface area contributed by atoms with Crippen LogP contribution in [0.3, 0.4) is 0 Å². The van der Waals surface area contributed by atoms with Crippen molar-refractivity contribution in [3.63, 3.8) is 0 Å². The monoisotopic (exact) mass is 133 g/mol. The molecule has 1 nitrogen and oxygen atoms in total. The molecule has 0 aromatic carbocycles. The van der Waals surface area contributed by atoms with Crippen LogP contribution in [0.5, 0.6) is 0 Å². The Morgan fingerprint density at radius 1 is 1.62 bits per heavy atom. The zero-order valence-electron chi connectivity index (χ0n) is 5.27. The lowest BCUT2D eigenvalue weighted by molar-refractivity contribution is 0.519. The van der Waals surface area contributed by atoms with Crippen molar-refractivity contribution in [3.05, 3.63) is 0 Å². The van der Waals surface area contributed by atoms with Crippen molar-refractivity contribution in [2.45, 2.75) is 13.8 Å². The highest BCUT2D eigenvalue weighted by Gasteiger charge is 2.08. The summed E-state index contributed by atoms with van der Waals surface area (Å²) in [5.74, 6) is 2.57. The Bertz CT molecular complexity index is 91.2. The molecule has 0 radical (unpaired) electrons. The summed E-state index contributed by atoms with van der Waals surface area (Å²) < 4.78 is 0. The Balaban J connectivity index is 0. The molecule has 0 saturated carbocycles. The summed E-state index contributed by atoms with van der Waals surface area (Å²) in [6.07, 6.45) is 5.09. The second kappa shape index (κ2) is 3.77. The van der Waals surface area contributed by atoms with E-state index in [-0.39, 0.29) is 17.8 Å². The lowest BCUT2D eigenvalue weighted by Gasteiger charge is -2.11. The van der Waals surface area contributed by atoms with Gasteiger partial charge in [0.25, 0.3) is 0 Å². The fraction of sp³-hybridized carbons (Fsp3) is 0.667. The maximum Gasteiger partial charge on any atom is 0.0377 e. The molecule has 0 aromatic rings. The number of hydrogen-bond acceptors (Lipinski definition) is 1. The molecule has 0 fully saturated rings. The Morgan fingerprint density at radius 3 is 2.00 bits per heavy atom. The first-order valence-corrected chi connectivity index (χ1v) is 2.30. The lowest BCUT2D eigenvalue weighted by Crippen LogP contribution is -2.20. The largest absolute Gasteiger partial charge is 0.329 e. The van der Waals surface area contributed by atoms with Crippen LogP contribution < -0.4 is 5.73 Å². The third-order valence-electron chi connectivity index (χ3n) is 0.901. The van der Waals surface area contributed by atoms with Crippen LogP contribution in [0.4, 0.5) is 0 Å². The minimum absolute atomic E-state index is 0. The van der Waals surface area contributed by atoms with E-state index in [0.717, 1.165) is 0 Å². The topological polar surface area (TPSA) is 26.0 Å². The van der Waals surface area contributed by atoms with E-state index in [1.54, 1.807) is 0 Å². The van der Waals surface area contributed by atoms with Crippen molar-refractivity contribution in [1.82, 2.24) is 0 Å². The van der Waals surface area contributed by atoms with E-state index in [9.17, 15) is 0 Å². The van der Waals surface area contributed by atoms with E-state index >= 15 is 0 Å². The predicted octanol–water partition coefficient (Wildman–Crippen LogP) is 1.03. The molecular formula is C6H12ClN. The molecule has 48 valence electrons. The first-order chi connectivity index (χ1) is 3.12. The highest BCUT2D eigenvalue weighted by molar-refractivity contribution is 5.85. The van der Waals surface area contributed by atoms with Crippen LogP contribution >= 0.6 is 12.4 Å². The standard InChI is InChI=1S/C6H11N.ClH/c1-4-6(2,3)5-7;/h1H,5,7H2,2-3H3;1H. The molecule has 0 rings (SSSR count). The normalized spacial score (nSPS) is 9.25. The number of rotatable bonds is 1. The zero-order valence-corrected chi connectivity index (χ0v) is 6.09. The van der Waals surface area contributed by atoms with Crippen molar-refractivity contribution in [3.8, 4) is 12.3 Å². The Kier molecular flexibility index (Phi) is 5.05. The first kappa shape index (κ1) is 10.7. The van der Waals surface area contributed by atoms with E-state index in [0.29, 0.717) is 6.54 Å². The van der Waals surface area contributed by atoms with Gasteiger partial charge in [0.05, 0.1) is 0 Å². The Hall–Kier alpha value is -0.190. The average Bonchev–Trinajstić information content (AvgIpc) is 1.68. The van der Waals surface area contributed by atoms with Crippen LogP contribution in [0.25, 0.3) is 0 Å².